The van der Waals surface area contributed by atoms with Crippen LogP contribution in [0.5, 0.6) is 0 Å². The van der Waals surface area contributed by atoms with Crippen molar-refractivity contribution in [1.29, 1.82) is 0 Å². The summed E-state index contributed by atoms with van der Waals surface area (Å²) in [6.45, 7) is 0. The third-order valence-electron chi connectivity index (χ3n) is 2.84. The van der Waals surface area contributed by atoms with Gasteiger partial charge in [-0.1, -0.05) is 35.3 Å². The van der Waals surface area contributed by atoms with Crippen LogP contribution in [0.2, 0.25) is 10.0 Å². The largest absolute Gasteiger partial charge is 0.293 e. The molecule has 0 radical (unpaired) electrons. The molecule has 0 N–H and O–H groups in total. The minimum Gasteiger partial charge on any atom is -0.293 e. The van der Waals surface area contributed by atoms with Crippen molar-refractivity contribution in [2.24, 2.45) is 0 Å². The molecule has 0 amide bonds. The van der Waals surface area contributed by atoms with E-state index in [1.807, 2.05) is 0 Å². The van der Waals surface area contributed by atoms with Crippen LogP contribution in [-0.2, 0) is 9.84 Å². The first-order valence-corrected chi connectivity index (χ1v) is 8.78. The lowest BCUT2D eigenvalue weighted by Gasteiger charge is -2.00. The first-order chi connectivity index (χ1) is 10.4. The molecule has 2 aromatic carbocycles. The highest BCUT2D eigenvalue weighted by Gasteiger charge is 2.15. The summed E-state index contributed by atoms with van der Waals surface area (Å²) in [5, 5.41) is 2.09. The van der Waals surface area contributed by atoms with Gasteiger partial charge < -0.3 is 0 Å². The Morgan fingerprint density at radius 2 is 1.41 bits per heavy atom. The lowest BCUT2D eigenvalue weighted by Crippen LogP contribution is -2.13. The number of sulfone groups is 1. The monoisotopic (exact) mass is 354 g/mol. The predicted molar refractivity (Wildman–Crippen MR) is 90.1 cm³/mol. The average molecular weight is 355 g/mol. The van der Waals surface area contributed by atoms with E-state index in [-0.39, 0.29) is 0 Å². The van der Waals surface area contributed by atoms with Gasteiger partial charge in [-0.3, -0.25) is 4.79 Å². The maximum absolute atomic E-state index is 12.0. The zero-order chi connectivity index (χ0) is 16.2. The van der Waals surface area contributed by atoms with Gasteiger partial charge in [0.15, 0.2) is 15.6 Å². The van der Waals surface area contributed by atoms with Gasteiger partial charge in [-0.25, -0.2) is 8.42 Å². The average Bonchev–Trinajstić information content (AvgIpc) is 2.47. The summed E-state index contributed by atoms with van der Waals surface area (Å²) in [4.78, 5) is 12.0. The normalized spacial score (nSPS) is 11.7. The van der Waals surface area contributed by atoms with Crippen molar-refractivity contribution in [1.82, 2.24) is 0 Å². The number of hydrogen-bond acceptors (Lipinski definition) is 3. The fraction of sp³-hybridized carbons (Fsp3) is 0.0625. The van der Waals surface area contributed by atoms with Crippen LogP contribution in [0.1, 0.15) is 15.9 Å². The molecule has 0 aromatic heterocycles. The van der Waals surface area contributed by atoms with Crippen LogP contribution in [0.4, 0.5) is 0 Å². The Morgan fingerprint density at radius 3 is 1.95 bits per heavy atom. The summed E-state index contributed by atoms with van der Waals surface area (Å²) in [7, 11) is -3.64. The van der Waals surface area contributed by atoms with Crippen molar-refractivity contribution < 1.29 is 13.2 Å². The van der Waals surface area contributed by atoms with E-state index in [1.54, 1.807) is 36.4 Å². The number of ketones is 1. The third kappa shape index (κ3) is 4.98. The summed E-state index contributed by atoms with van der Waals surface area (Å²) in [6, 6.07) is 12.8. The second-order valence-electron chi connectivity index (χ2n) is 4.59. The van der Waals surface area contributed by atoms with Crippen molar-refractivity contribution in [3.05, 3.63) is 75.1 Å². The first-order valence-electron chi connectivity index (χ1n) is 6.31. The van der Waals surface area contributed by atoms with Crippen molar-refractivity contribution in [2.45, 2.75) is 0 Å². The predicted octanol–water partition coefficient (Wildman–Crippen LogP) is 4.26. The Labute approximate surface area is 139 Å². The Kier molecular flexibility index (Phi) is 5.40. The number of rotatable bonds is 5. The fourth-order valence-electron chi connectivity index (χ4n) is 1.71. The van der Waals surface area contributed by atoms with Crippen LogP contribution in [0.15, 0.2) is 53.9 Å². The SMILES string of the molecule is O=C(CS(=O)(=O)/C=C/c1ccc(Cl)cc1)c1ccc(Cl)cc1. The highest BCUT2D eigenvalue weighted by Crippen LogP contribution is 2.13. The van der Waals surface area contributed by atoms with E-state index in [1.165, 1.54) is 18.2 Å². The topological polar surface area (TPSA) is 51.2 Å². The molecule has 3 nitrogen and oxygen atoms in total. The molecule has 0 heterocycles. The lowest BCUT2D eigenvalue weighted by atomic mass is 10.1. The molecule has 2 aromatic rings. The molecule has 0 aliphatic carbocycles. The summed E-state index contributed by atoms with van der Waals surface area (Å²) in [6.07, 6.45) is 1.43. The maximum atomic E-state index is 12.0. The van der Waals surface area contributed by atoms with E-state index in [0.717, 1.165) is 5.41 Å². The maximum Gasteiger partial charge on any atom is 0.179 e. The van der Waals surface area contributed by atoms with Gasteiger partial charge in [-0.05, 0) is 48.0 Å². The molecule has 0 aliphatic rings. The summed E-state index contributed by atoms with van der Waals surface area (Å²) in [5.74, 6) is -1.06. The molecule has 22 heavy (non-hydrogen) atoms. The minimum absolute atomic E-state index is 0.313. The second-order valence-corrected chi connectivity index (χ2v) is 7.35. The number of hydrogen-bond donors (Lipinski definition) is 0. The van der Waals surface area contributed by atoms with E-state index in [0.29, 0.717) is 21.2 Å². The molecule has 114 valence electrons. The molecule has 6 heteroatoms. The van der Waals surface area contributed by atoms with Crippen LogP contribution >= 0.6 is 23.2 Å². The van der Waals surface area contributed by atoms with Gasteiger partial charge in [0.1, 0.15) is 5.75 Å². The van der Waals surface area contributed by atoms with Gasteiger partial charge in [0.25, 0.3) is 0 Å². The fourth-order valence-corrected chi connectivity index (χ4v) is 2.95. The van der Waals surface area contributed by atoms with E-state index in [4.69, 9.17) is 23.2 Å². The zero-order valence-electron chi connectivity index (χ0n) is 11.4. The Balaban J connectivity index is 2.08. The summed E-state index contributed by atoms with van der Waals surface area (Å²) in [5.41, 5.74) is 1.000. The molecule has 2 rings (SSSR count). The molecule has 0 saturated carbocycles. The third-order valence-corrected chi connectivity index (χ3v) is 4.56. The highest BCUT2D eigenvalue weighted by atomic mass is 35.5. The van der Waals surface area contributed by atoms with Gasteiger partial charge in [0, 0.05) is 21.0 Å². The molecule has 0 bridgehead atoms. The van der Waals surface area contributed by atoms with Gasteiger partial charge in [0.2, 0.25) is 0 Å². The van der Waals surface area contributed by atoms with E-state index < -0.39 is 21.4 Å². The van der Waals surface area contributed by atoms with Crippen LogP contribution in [0.3, 0.4) is 0 Å². The molecule has 0 fully saturated rings. The molecule has 0 atom stereocenters. The first kappa shape index (κ1) is 16.7. The van der Waals surface area contributed by atoms with Crippen molar-refractivity contribution in [3.8, 4) is 0 Å². The number of benzene rings is 2. The zero-order valence-corrected chi connectivity index (χ0v) is 13.7. The van der Waals surface area contributed by atoms with E-state index in [2.05, 4.69) is 0 Å². The standard InChI is InChI=1S/C16H12Cl2O3S/c17-14-5-1-12(2-6-14)9-10-22(20,21)11-16(19)13-3-7-15(18)8-4-13/h1-10H,11H2/b10-9+. The molecular formula is C16H12Cl2O3S. The number of Topliss-reactive ketones (excluding diaryl/α,β-unsaturated/α-hetero) is 1. The molecule has 0 unspecified atom stereocenters. The van der Waals surface area contributed by atoms with Crippen LogP contribution in [0, 0.1) is 0 Å². The van der Waals surface area contributed by atoms with Gasteiger partial charge in [0.05, 0.1) is 0 Å². The summed E-state index contributed by atoms with van der Waals surface area (Å²) < 4.78 is 23.9. The van der Waals surface area contributed by atoms with Crippen LogP contribution < -0.4 is 0 Å². The molecular weight excluding hydrogens is 343 g/mol. The smallest absolute Gasteiger partial charge is 0.179 e. The number of halogens is 2. The molecule has 0 aliphatic heterocycles. The van der Waals surface area contributed by atoms with Crippen LogP contribution in [-0.4, -0.2) is 20.0 Å². The second kappa shape index (κ2) is 7.09. The van der Waals surface area contributed by atoms with Crippen LogP contribution in [0.25, 0.3) is 6.08 Å². The Hall–Kier alpha value is -1.62. The highest BCUT2D eigenvalue weighted by molar-refractivity contribution is 7.95. The minimum atomic E-state index is -3.64. The Bertz CT molecular complexity index is 792. The lowest BCUT2D eigenvalue weighted by molar-refractivity contribution is 0.102. The Morgan fingerprint density at radius 1 is 0.909 bits per heavy atom. The molecule has 0 saturated heterocycles. The van der Waals surface area contributed by atoms with E-state index >= 15 is 0 Å². The quantitative estimate of drug-likeness (QED) is 0.753. The van der Waals surface area contributed by atoms with Gasteiger partial charge >= 0.3 is 0 Å². The van der Waals surface area contributed by atoms with Gasteiger partial charge in [-0.15, -0.1) is 0 Å². The van der Waals surface area contributed by atoms with Gasteiger partial charge in [-0.2, -0.15) is 0 Å². The van der Waals surface area contributed by atoms with E-state index in [9.17, 15) is 13.2 Å². The van der Waals surface area contributed by atoms with Crippen molar-refractivity contribution >= 4 is 44.9 Å². The number of carbonyl (C=O) groups is 1. The number of carbonyl (C=O) groups excluding carboxylic acids is 1. The molecule has 0 spiro atoms. The summed E-state index contributed by atoms with van der Waals surface area (Å²) >= 11 is 11.5. The van der Waals surface area contributed by atoms with Crippen molar-refractivity contribution in [3.63, 3.8) is 0 Å². The van der Waals surface area contributed by atoms with Crippen molar-refractivity contribution in [2.75, 3.05) is 5.75 Å².